The Kier molecular flexibility index (Phi) is 13.6. The molecule has 1 aromatic rings. The summed E-state index contributed by atoms with van der Waals surface area (Å²) in [5.74, 6) is -3.97. The maximum atomic E-state index is 12.1. The maximum Gasteiger partial charge on any atom is 0.408 e. The van der Waals surface area contributed by atoms with Crippen molar-refractivity contribution in [3.63, 3.8) is 0 Å². The Morgan fingerprint density at radius 2 is 1.47 bits per heavy atom. The van der Waals surface area contributed by atoms with E-state index in [0.717, 1.165) is 5.56 Å². The van der Waals surface area contributed by atoms with E-state index >= 15 is 0 Å². The molecule has 0 saturated heterocycles. The Morgan fingerprint density at radius 3 is 1.94 bits per heavy atom. The van der Waals surface area contributed by atoms with E-state index in [-0.39, 0.29) is 32.3 Å². The van der Waals surface area contributed by atoms with Gasteiger partial charge in [0.2, 0.25) is 0 Å². The first kappa shape index (κ1) is 30.3. The van der Waals surface area contributed by atoms with Crippen molar-refractivity contribution >= 4 is 30.0 Å². The number of rotatable bonds is 11. The van der Waals surface area contributed by atoms with Gasteiger partial charge in [0.25, 0.3) is 0 Å². The van der Waals surface area contributed by atoms with E-state index in [0.29, 0.717) is 0 Å². The highest BCUT2D eigenvalue weighted by atomic mass is 16.6. The number of carboxylic acids is 3. The zero-order valence-electron chi connectivity index (χ0n) is 19.4. The predicted octanol–water partition coefficient (Wildman–Crippen LogP) is 1.75. The van der Waals surface area contributed by atoms with Crippen molar-refractivity contribution in [3.05, 3.63) is 35.9 Å². The number of carbonyl (C=O) groups is 5. The van der Waals surface area contributed by atoms with E-state index in [1.807, 2.05) is 18.2 Å². The van der Waals surface area contributed by atoms with Crippen LogP contribution in [-0.4, -0.2) is 63.0 Å². The fraction of sp³-hybridized carbons (Fsp3) is 0.500. The van der Waals surface area contributed by atoms with Crippen molar-refractivity contribution < 1.29 is 48.8 Å². The van der Waals surface area contributed by atoms with E-state index in [2.05, 4.69) is 5.32 Å². The first-order chi connectivity index (χ1) is 15.7. The lowest BCUT2D eigenvalue weighted by Crippen LogP contribution is -2.44. The summed E-state index contributed by atoms with van der Waals surface area (Å²) in [6.07, 6.45) is -1.38. The third-order valence-electron chi connectivity index (χ3n) is 3.83. The van der Waals surface area contributed by atoms with E-state index in [9.17, 15) is 24.0 Å². The highest BCUT2D eigenvalue weighted by Gasteiger charge is 2.26. The van der Waals surface area contributed by atoms with E-state index in [1.165, 1.54) is 0 Å². The second kappa shape index (κ2) is 15.2. The van der Waals surface area contributed by atoms with Crippen molar-refractivity contribution in [2.75, 3.05) is 0 Å². The average molecular weight is 485 g/mol. The van der Waals surface area contributed by atoms with Gasteiger partial charge in [-0.2, -0.15) is 0 Å². The van der Waals surface area contributed by atoms with Crippen LogP contribution in [0.4, 0.5) is 4.79 Å². The fourth-order valence-corrected chi connectivity index (χ4v) is 2.20. The molecule has 0 heterocycles. The summed E-state index contributed by atoms with van der Waals surface area (Å²) in [6.45, 7) is 5.10. The lowest BCUT2D eigenvalue weighted by Gasteiger charge is -2.22. The van der Waals surface area contributed by atoms with Gasteiger partial charge in [-0.3, -0.25) is 14.4 Å². The number of nitrogens with two attached hydrogens (primary N) is 1. The summed E-state index contributed by atoms with van der Waals surface area (Å²) in [5.41, 5.74) is 5.07. The molecular weight excluding hydrogens is 452 g/mol. The summed E-state index contributed by atoms with van der Waals surface area (Å²) in [5, 5.41) is 27.4. The van der Waals surface area contributed by atoms with Gasteiger partial charge >= 0.3 is 30.0 Å². The Balaban J connectivity index is 0.000000916. The van der Waals surface area contributed by atoms with Crippen LogP contribution in [-0.2, 0) is 35.3 Å². The van der Waals surface area contributed by atoms with Crippen LogP contribution in [0.3, 0.4) is 0 Å². The first-order valence-corrected chi connectivity index (χ1v) is 10.3. The second-order valence-corrected chi connectivity index (χ2v) is 8.10. The number of carboxylic acid groups (broad SMARTS) is 3. The van der Waals surface area contributed by atoms with Crippen molar-refractivity contribution in [2.24, 2.45) is 5.73 Å². The van der Waals surface area contributed by atoms with Gasteiger partial charge in [0, 0.05) is 12.8 Å². The molecule has 0 bridgehead atoms. The number of benzene rings is 1. The Labute approximate surface area is 197 Å². The number of nitrogens with one attached hydrogen (secondary N) is 1. The van der Waals surface area contributed by atoms with Crippen molar-refractivity contribution in [1.82, 2.24) is 5.32 Å². The van der Waals surface area contributed by atoms with Gasteiger partial charge in [-0.15, -0.1) is 0 Å². The van der Waals surface area contributed by atoms with Gasteiger partial charge in [-0.05, 0) is 39.2 Å². The van der Waals surface area contributed by atoms with Crippen LogP contribution in [0.15, 0.2) is 30.3 Å². The standard InChI is InChI=1S/C17H23NO6.C5H9NO4/c1-17(2,3)24-16(22)18-13(9-10-14(19)20)15(21)23-11-12-7-5-4-6-8-12;6-3(5(9)10)1-2-4(7)8/h4-8,13H,9-11H2,1-3H3,(H,18,22)(H,19,20);3H,1-2,6H2,(H,7,8)(H,9,10)/t13-;3-/m00/s1. The van der Waals surface area contributed by atoms with Crippen molar-refractivity contribution in [2.45, 2.75) is 70.7 Å². The molecule has 0 saturated carbocycles. The summed E-state index contributed by atoms with van der Waals surface area (Å²) in [4.78, 5) is 54.5. The second-order valence-electron chi connectivity index (χ2n) is 8.10. The molecule has 0 aromatic heterocycles. The lowest BCUT2D eigenvalue weighted by molar-refractivity contribution is -0.148. The molecule has 0 aliphatic heterocycles. The molecular formula is C22H32N2O10. The zero-order valence-corrected chi connectivity index (χ0v) is 19.4. The van der Waals surface area contributed by atoms with Crippen molar-refractivity contribution in [1.29, 1.82) is 0 Å². The molecule has 1 amide bonds. The molecule has 0 spiro atoms. The van der Waals surface area contributed by atoms with Crippen LogP contribution < -0.4 is 11.1 Å². The molecule has 12 heteroatoms. The number of amides is 1. The van der Waals surface area contributed by atoms with Gasteiger partial charge in [-0.25, -0.2) is 9.59 Å². The normalized spacial score (nSPS) is 12.2. The van der Waals surface area contributed by atoms with Gasteiger partial charge < -0.3 is 35.8 Å². The Hall–Kier alpha value is -3.67. The largest absolute Gasteiger partial charge is 0.481 e. The predicted molar refractivity (Wildman–Crippen MR) is 119 cm³/mol. The number of alkyl carbamates (subject to hydrolysis) is 1. The van der Waals surface area contributed by atoms with E-state index in [4.69, 9.17) is 30.5 Å². The summed E-state index contributed by atoms with van der Waals surface area (Å²) in [6, 6.07) is 6.90. The van der Waals surface area contributed by atoms with E-state index in [1.54, 1.807) is 32.9 Å². The number of hydrogen-bond acceptors (Lipinski definition) is 8. The smallest absolute Gasteiger partial charge is 0.408 e. The monoisotopic (exact) mass is 484 g/mol. The summed E-state index contributed by atoms with van der Waals surface area (Å²) in [7, 11) is 0. The highest BCUT2D eigenvalue weighted by Crippen LogP contribution is 2.09. The molecule has 0 unspecified atom stereocenters. The molecule has 12 nitrogen and oxygen atoms in total. The molecule has 2 atom stereocenters. The fourth-order valence-electron chi connectivity index (χ4n) is 2.20. The van der Waals surface area contributed by atoms with Gasteiger partial charge in [0.15, 0.2) is 0 Å². The molecule has 0 fully saturated rings. The van der Waals surface area contributed by atoms with Crippen LogP contribution in [0.25, 0.3) is 0 Å². The van der Waals surface area contributed by atoms with Gasteiger partial charge in [0.1, 0.15) is 24.3 Å². The maximum absolute atomic E-state index is 12.1. The molecule has 1 rings (SSSR count). The first-order valence-electron chi connectivity index (χ1n) is 10.3. The molecule has 6 N–H and O–H groups in total. The SMILES string of the molecule is CC(C)(C)OC(=O)N[C@@H](CCC(=O)O)C(=O)OCc1ccccc1.N[C@@H](CCC(=O)O)C(=O)O. The number of esters is 1. The quantitative estimate of drug-likeness (QED) is 0.286. The third kappa shape index (κ3) is 16.0. The van der Waals surface area contributed by atoms with Crippen LogP contribution in [0, 0.1) is 0 Å². The van der Waals surface area contributed by atoms with Gasteiger partial charge in [-0.1, -0.05) is 30.3 Å². The zero-order chi connectivity index (χ0) is 26.3. The Morgan fingerprint density at radius 1 is 0.941 bits per heavy atom. The summed E-state index contributed by atoms with van der Waals surface area (Å²) >= 11 is 0. The molecule has 34 heavy (non-hydrogen) atoms. The Bertz CT molecular complexity index is 821. The van der Waals surface area contributed by atoms with Crippen LogP contribution in [0.5, 0.6) is 0 Å². The van der Waals surface area contributed by atoms with Crippen LogP contribution in [0.2, 0.25) is 0 Å². The summed E-state index contributed by atoms with van der Waals surface area (Å²) < 4.78 is 10.2. The number of ether oxygens (including phenoxy) is 2. The molecule has 0 radical (unpaired) electrons. The number of carbonyl (C=O) groups excluding carboxylic acids is 2. The average Bonchev–Trinajstić information content (AvgIpc) is 2.72. The van der Waals surface area contributed by atoms with Crippen LogP contribution in [0.1, 0.15) is 52.0 Å². The number of aliphatic carboxylic acids is 3. The molecule has 1 aromatic carbocycles. The lowest BCUT2D eigenvalue weighted by atomic mass is 10.1. The van der Waals surface area contributed by atoms with Crippen molar-refractivity contribution in [3.8, 4) is 0 Å². The number of hydrogen-bond donors (Lipinski definition) is 5. The minimum Gasteiger partial charge on any atom is -0.481 e. The minimum atomic E-state index is -1.17. The molecule has 190 valence electrons. The highest BCUT2D eigenvalue weighted by molar-refractivity contribution is 5.82. The van der Waals surface area contributed by atoms with Gasteiger partial charge in [0.05, 0.1) is 0 Å². The minimum absolute atomic E-state index is 0.0231. The van der Waals surface area contributed by atoms with E-state index < -0.39 is 47.7 Å². The van der Waals surface area contributed by atoms with Crippen LogP contribution >= 0.6 is 0 Å². The molecule has 0 aliphatic rings. The molecule has 0 aliphatic carbocycles. The topological polar surface area (TPSA) is 203 Å². The third-order valence-corrected chi connectivity index (χ3v) is 3.83.